The smallest absolute Gasteiger partial charge is 0.457 e. The number of aromatic nitrogens is 4. The molecule has 8 heteroatoms. The molecule has 308 valence electrons. The topological polar surface area (TPSA) is 81.1 Å². The standard InChI is InChI=1S/C56H37N5O2.Pt/c1-36-56(37(2)60-35-59-36)61(46-29-42(38-15-7-3-8-16-38)27-44(31-46)54-48-33-52(40-19-11-5-12-20-40)62-50(48)23-25-57-54)47-30-43(39-17-9-4-10-18-39)28-45(32-47)55-49-34-53(41-21-13-6-14-22-41)63-51(49)24-26-58-55;/h3-30,33-35H,1-2H3;/q-2;+2. The molecule has 0 N–H and O–H groups in total. The zero-order chi connectivity index (χ0) is 42.3. The van der Waals surface area contributed by atoms with Gasteiger partial charge < -0.3 is 23.7 Å². The molecule has 0 aliphatic heterocycles. The van der Waals surface area contributed by atoms with Crippen molar-refractivity contribution in [3.05, 3.63) is 212 Å². The third kappa shape index (κ3) is 7.61. The quantitative estimate of drug-likeness (QED) is 0.133. The van der Waals surface area contributed by atoms with Crippen molar-refractivity contribution in [2.45, 2.75) is 13.8 Å². The van der Waals surface area contributed by atoms with E-state index in [1.54, 1.807) is 18.7 Å². The summed E-state index contributed by atoms with van der Waals surface area (Å²) in [5, 5.41) is 1.78. The summed E-state index contributed by atoms with van der Waals surface area (Å²) in [6.07, 6.45) is 5.21. The molecule has 0 aliphatic carbocycles. The van der Waals surface area contributed by atoms with Crippen molar-refractivity contribution in [1.82, 2.24) is 19.9 Å². The number of benzene rings is 6. The maximum absolute atomic E-state index is 6.45. The van der Waals surface area contributed by atoms with Crippen molar-refractivity contribution in [3.8, 4) is 67.4 Å². The Hall–Kier alpha value is -7.73. The number of aryl methyl sites for hydroxylation is 2. The molecule has 5 aromatic heterocycles. The third-order valence-corrected chi connectivity index (χ3v) is 11.3. The Bertz CT molecular complexity index is 3200. The van der Waals surface area contributed by atoms with Gasteiger partial charge in [0, 0.05) is 34.3 Å². The van der Waals surface area contributed by atoms with E-state index >= 15 is 0 Å². The van der Waals surface area contributed by atoms with E-state index in [0.717, 1.165) is 118 Å². The number of hydrogen-bond donors (Lipinski definition) is 0. The third-order valence-electron chi connectivity index (χ3n) is 11.3. The summed E-state index contributed by atoms with van der Waals surface area (Å²) in [5.74, 6) is 1.54. The van der Waals surface area contributed by atoms with Crippen molar-refractivity contribution < 1.29 is 29.9 Å². The Morgan fingerprint density at radius 1 is 0.422 bits per heavy atom. The van der Waals surface area contributed by atoms with E-state index in [0.29, 0.717) is 0 Å². The van der Waals surface area contributed by atoms with Crippen LogP contribution in [0, 0.1) is 26.0 Å². The van der Waals surface area contributed by atoms with Crippen molar-refractivity contribution in [3.63, 3.8) is 0 Å². The molecular weight excluding hydrogens is 970 g/mol. The van der Waals surface area contributed by atoms with E-state index in [1.165, 1.54) is 0 Å². The van der Waals surface area contributed by atoms with Crippen LogP contribution >= 0.6 is 0 Å². The molecule has 0 saturated carbocycles. The number of nitrogens with zero attached hydrogens (tertiary/aromatic N) is 5. The van der Waals surface area contributed by atoms with Gasteiger partial charge in [-0.15, -0.1) is 47.5 Å². The average Bonchev–Trinajstić information content (AvgIpc) is 3.99. The van der Waals surface area contributed by atoms with E-state index in [4.69, 9.17) is 28.8 Å². The minimum Gasteiger partial charge on any atom is -0.457 e. The fourth-order valence-corrected chi connectivity index (χ4v) is 8.32. The normalized spacial score (nSPS) is 11.2. The van der Waals surface area contributed by atoms with E-state index in [-0.39, 0.29) is 21.1 Å². The second-order valence-electron chi connectivity index (χ2n) is 15.4. The SMILES string of the molecule is Cc1ncnc(C)c1N(c1[c-]c(-c2nccc3oc(-c4ccccc4)cc23)cc(-c2ccccc2)c1)c1[c-]c(-c2nccc3oc(-c4ccccc4)cc23)cc(-c2ccccc2)c1.[Pt+2]. The molecule has 0 atom stereocenters. The second-order valence-corrected chi connectivity index (χ2v) is 15.4. The number of rotatable bonds is 9. The molecule has 64 heavy (non-hydrogen) atoms. The first-order valence-corrected chi connectivity index (χ1v) is 20.8. The summed E-state index contributed by atoms with van der Waals surface area (Å²) in [5.41, 5.74) is 14.6. The molecular formula is C56H37N5O2Pt. The van der Waals surface area contributed by atoms with Gasteiger partial charge in [0.25, 0.3) is 0 Å². The minimum absolute atomic E-state index is 0. The number of pyridine rings is 2. The van der Waals surface area contributed by atoms with Crippen molar-refractivity contribution in [2.24, 2.45) is 0 Å². The molecule has 0 fully saturated rings. The van der Waals surface area contributed by atoms with Gasteiger partial charge in [0.2, 0.25) is 0 Å². The van der Waals surface area contributed by atoms with Crippen molar-refractivity contribution in [1.29, 1.82) is 0 Å². The summed E-state index contributed by atoms with van der Waals surface area (Å²) in [6.45, 7) is 4.03. The Labute approximate surface area is 385 Å². The van der Waals surface area contributed by atoms with Gasteiger partial charge in [-0.05, 0) is 72.0 Å². The molecule has 7 nitrogen and oxygen atoms in total. The van der Waals surface area contributed by atoms with Crippen LogP contribution in [0.2, 0.25) is 0 Å². The van der Waals surface area contributed by atoms with Crippen molar-refractivity contribution >= 4 is 39.0 Å². The molecule has 5 heterocycles. The van der Waals surface area contributed by atoms with Gasteiger partial charge in [0.05, 0.1) is 17.1 Å². The van der Waals surface area contributed by atoms with Crippen LogP contribution in [-0.2, 0) is 21.1 Å². The number of hydrogen-bond acceptors (Lipinski definition) is 7. The monoisotopic (exact) mass is 1010 g/mol. The van der Waals surface area contributed by atoms with Gasteiger partial charge >= 0.3 is 21.1 Å². The first kappa shape index (κ1) is 40.3. The molecule has 11 aromatic rings. The zero-order valence-corrected chi connectivity index (χ0v) is 37.0. The molecule has 11 rings (SSSR count). The van der Waals surface area contributed by atoms with Crippen LogP contribution in [0.4, 0.5) is 17.1 Å². The van der Waals surface area contributed by atoms with Gasteiger partial charge in [-0.25, -0.2) is 9.97 Å². The van der Waals surface area contributed by atoms with Crippen LogP contribution in [-0.4, -0.2) is 19.9 Å². The van der Waals surface area contributed by atoms with E-state index in [2.05, 4.69) is 126 Å². The Morgan fingerprint density at radius 2 is 0.812 bits per heavy atom. The van der Waals surface area contributed by atoms with Crippen LogP contribution in [0.25, 0.3) is 89.4 Å². The first-order chi connectivity index (χ1) is 31.0. The summed E-state index contributed by atoms with van der Waals surface area (Å²) in [7, 11) is 0. The molecule has 0 radical (unpaired) electrons. The maximum Gasteiger partial charge on any atom is 2.00 e. The van der Waals surface area contributed by atoms with Crippen molar-refractivity contribution in [2.75, 3.05) is 4.90 Å². The fourth-order valence-electron chi connectivity index (χ4n) is 8.32. The molecule has 0 saturated heterocycles. The predicted octanol–water partition coefficient (Wildman–Crippen LogP) is 14.4. The van der Waals surface area contributed by atoms with Crippen LogP contribution in [0.15, 0.2) is 197 Å². The Morgan fingerprint density at radius 3 is 1.22 bits per heavy atom. The van der Waals surface area contributed by atoms with Crippen LogP contribution in [0.1, 0.15) is 11.4 Å². The summed E-state index contributed by atoms with van der Waals surface area (Å²) in [6, 6.07) is 65.3. The van der Waals surface area contributed by atoms with Crippen LogP contribution in [0.3, 0.4) is 0 Å². The van der Waals surface area contributed by atoms with Gasteiger partial charge in [0.1, 0.15) is 29.0 Å². The number of furan rings is 2. The van der Waals surface area contributed by atoms with Crippen LogP contribution in [0.5, 0.6) is 0 Å². The Kier molecular flexibility index (Phi) is 10.8. The maximum atomic E-state index is 6.45. The number of fused-ring (bicyclic) bond motifs is 2. The Balaban J connectivity index is 0.00000484. The fraction of sp³-hybridized carbons (Fsp3) is 0.0357. The molecule has 0 unspecified atom stereocenters. The molecule has 0 bridgehead atoms. The molecule has 0 amide bonds. The van der Waals surface area contributed by atoms with Gasteiger partial charge in [-0.1, -0.05) is 132 Å². The first-order valence-electron chi connectivity index (χ1n) is 20.8. The van der Waals surface area contributed by atoms with Gasteiger partial charge in [-0.2, -0.15) is 0 Å². The van der Waals surface area contributed by atoms with E-state index < -0.39 is 0 Å². The van der Waals surface area contributed by atoms with Gasteiger partial charge in [0.15, 0.2) is 0 Å². The zero-order valence-electron chi connectivity index (χ0n) is 34.8. The van der Waals surface area contributed by atoms with E-state index in [9.17, 15) is 0 Å². The molecule has 0 spiro atoms. The van der Waals surface area contributed by atoms with Crippen LogP contribution < -0.4 is 4.90 Å². The van der Waals surface area contributed by atoms with Gasteiger partial charge in [-0.3, -0.25) is 0 Å². The summed E-state index contributed by atoms with van der Waals surface area (Å²) in [4.78, 5) is 21.7. The number of anilines is 3. The molecule has 6 aromatic carbocycles. The molecule has 0 aliphatic rings. The second kappa shape index (κ2) is 17.2. The van der Waals surface area contributed by atoms with E-state index in [1.807, 2.05) is 74.5 Å². The average molecular weight is 1010 g/mol. The summed E-state index contributed by atoms with van der Waals surface area (Å²) < 4.78 is 12.9. The summed E-state index contributed by atoms with van der Waals surface area (Å²) >= 11 is 0. The minimum atomic E-state index is 0. The largest absolute Gasteiger partial charge is 2.00 e. The predicted molar refractivity (Wildman–Crippen MR) is 252 cm³/mol.